The highest BCUT2D eigenvalue weighted by molar-refractivity contribution is 6.62. The Balaban J connectivity index is 1.37. The molecule has 0 saturated carbocycles. The van der Waals surface area contributed by atoms with Crippen LogP contribution in [-0.2, 0) is 24.0 Å². The molecule has 2 aromatic heterocycles. The average Bonchev–Trinajstić information content (AvgIpc) is 3.58. The summed E-state index contributed by atoms with van der Waals surface area (Å²) in [5.41, 5.74) is 8.46. The summed E-state index contributed by atoms with van der Waals surface area (Å²) < 4.78 is 26.1. The normalized spacial score (nSPS) is 22.4. The second-order valence-electron chi connectivity index (χ2n) is 14.3. The molecule has 6 nitrogen and oxygen atoms in total. The van der Waals surface area contributed by atoms with Gasteiger partial charge in [0.25, 0.3) is 0 Å². The summed E-state index contributed by atoms with van der Waals surface area (Å²) in [7, 11) is -0.945. The minimum Gasteiger partial charge on any atom is -0.399 e. The van der Waals surface area contributed by atoms with Crippen molar-refractivity contribution in [2.75, 3.05) is 0 Å². The maximum Gasteiger partial charge on any atom is 0.494 e. The lowest BCUT2D eigenvalue weighted by atomic mass is 9.67. The fraction of sp³-hybridized carbons (Fsp3) is 0.371. The largest absolute Gasteiger partial charge is 0.494 e. The van der Waals surface area contributed by atoms with E-state index < -0.39 is 42.1 Å². The van der Waals surface area contributed by atoms with Crippen molar-refractivity contribution in [2.24, 2.45) is 0 Å². The first kappa shape index (κ1) is 27.3. The molecule has 216 valence electrons. The molecule has 2 aliphatic heterocycles. The van der Waals surface area contributed by atoms with Crippen molar-refractivity contribution in [1.29, 1.82) is 0 Å². The Morgan fingerprint density at radius 3 is 1.23 bits per heavy atom. The molecular weight excluding hydrogens is 534 g/mol. The van der Waals surface area contributed by atoms with Crippen LogP contribution in [-0.4, -0.2) is 46.6 Å². The Bertz CT molecular complexity index is 1670. The zero-order valence-corrected chi connectivity index (χ0v) is 26.1. The van der Waals surface area contributed by atoms with E-state index in [1.54, 1.807) is 0 Å². The smallest absolute Gasteiger partial charge is 0.399 e. The SMILES string of the molecule is CC1(C)OB(c2ccc3c(c2)C2(c4cc(B5OC(C)(C)C(C)(C)O5)ccc4-3)c3cccnc3-c3ncccc32)OC1(C)C. The maximum atomic E-state index is 6.52. The van der Waals surface area contributed by atoms with Gasteiger partial charge in [-0.1, -0.05) is 48.5 Å². The van der Waals surface area contributed by atoms with Crippen molar-refractivity contribution in [3.05, 3.63) is 95.3 Å². The van der Waals surface area contributed by atoms with Crippen molar-refractivity contribution in [3.8, 4) is 22.5 Å². The van der Waals surface area contributed by atoms with Crippen LogP contribution in [0.5, 0.6) is 0 Å². The van der Waals surface area contributed by atoms with Gasteiger partial charge in [-0.25, -0.2) is 0 Å². The van der Waals surface area contributed by atoms with Gasteiger partial charge in [0, 0.05) is 12.4 Å². The number of benzene rings is 2. The molecule has 0 bridgehead atoms. The Morgan fingerprint density at radius 1 is 0.488 bits per heavy atom. The lowest BCUT2D eigenvalue weighted by Gasteiger charge is -2.32. The van der Waals surface area contributed by atoms with E-state index >= 15 is 0 Å². The van der Waals surface area contributed by atoms with Crippen LogP contribution in [0.2, 0.25) is 0 Å². The van der Waals surface area contributed by atoms with Crippen molar-refractivity contribution < 1.29 is 18.6 Å². The van der Waals surface area contributed by atoms with Gasteiger partial charge in [-0.3, -0.25) is 9.97 Å². The van der Waals surface area contributed by atoms with E-state index in [-0.39, 0.29) is 0 Å². The second-order valence-corrected chi connectivity index (χ2v) is 14.3. The van der Waals surface area contributed by atoms with E-state index in [0.29, 0.717) is 0 Å². The number of fused-ring (bicyclic) bond motifs is 10. The number of aromatic nitrogens is 2. The minimum absolute atomic E-state index is 0.435. The second kappa shape index (κ2) is 8.45. The summed E-state index contributed by atoms with van der Waals surface area (Å²) >= 11 is 0. The summed E-state index contributed by atoms with van der Waals surface area (Å²) in [4.78, 5) is 9.76. The van der Waals surface area contributed by atoms with Gasteiger partial charge >= 0.3 is 14.2 Å². The number of hydrogen-bond acceptors (Lipinski definition) is 6. The van der Waals surface area contributed by atoms with Crippen molar-refractivity contribution in [2.45, 2.75) is 83.2 Å². The summed E-state index contributed by atoms with van der Waals surface area (Å²) in [6.07, 6.45) is 3.71. The predicted molar refractivity (Wildman–Crippen MR) is 170 cm³/mol. The molecule has 1 spiro atoms. The van der Waals surface area contributed by atoms with Crippen molar-refractivity contribution in [3.63, 3.8) is 0 Å². The number of nitrogens with zero attached hydrogens (tertiary/aromatic N) is 2. The lowest BCUT2D eigenvalue weighted by molar-refractivity contribution is 0.00578. The predicted octanol–water partition coefficient (Wildman–Crippen LogP) is 5.42. The highest BCUT2D eigenvalue weighted by Crippen LogP contribution is 2.61. The fourth-order valence-electron chi connectivity index (χ4n) is 7.13. The lowest BCUT2D eigenvalue weighted by Crippen LogP contribution is -2.41. The fourth-order valence-corrected chi connectivity index (χ4v) is 7.13. The molecule has 0 atom stereocenters. The van der Waals surface area contributed by atoms with E-state index in [1.165, 1.54) is 22.3 Å². The van der Waals surface area contributed by atoms with Crippen LogP contribution in [0.25, 0.3) is 22.5 Å². The van der Waals surface area contributed by atoms with Crippen LogP contribution in [0.3, 0.4) is 0 Å². The quantitative estimate of drug-likeness (QED) is 0.260. The standard InChI is InChI=1S/C35H36B2N2O4/c1-31(2)32(3,4)41-36(40-31)21-13-15-23-24-16-14-22(37-42-33(5,6)34(7,8)43-37)20-28(24)35(27(23)19-21)25-11-9-17-38-29(25)30-26(35)12-10-18-39-30/h9-20H,1-8H3. The van der Waals surface area contributed by atoms with Gasteiger partial charge in [-0.2, -0.15) is 0 Å². The van der Waals surface area contributed by atoms with Crippen LogP contribution in [0.4, 0.5) is 0 Å². The van der Waals surface area contributed by atoms with E-state index in [2.05, 4.69) is 104 Å². The number of hydrogen-bond donors (Lipinski definition) is 0. The summed E-state index contributed by atoms with van der Waals surface area (Å²) in [5, 5.41) is 0. The monoisotopic (exact) mass is 570 g/mol. The molecule has 2 aromatic carbocycles. The molecule has 8 rings (SSSR count). The molecule has 4 aliphatic rings. The molecule has 4 aromatic rings. The highest BCUT2D eigenvalue weighted by Gasteiger charge is 2.57. The van der Waals surface area contributed by atoms with Crippen LogP contribution >= 0.6 is 0 Å². The minimum atomic E-state index is -0.614. The summed E-state index contributed by atoms with van der Waals surface area (Å²) in [6.45, 7) is 16.7. The molecule has 0 N–H and O–H groups in total. The zero-order chi connectivity index (χ0) is 30.2. The first-order valence-electron chi connectivity index (χ1n) is 15.2. The topological polar surface area (TPSA) is 62.7 Å². The first-order chi connectivity index (χ1) is 20.3. The third-order valence-electron chi connectivity index (χ3n) is 10.9. The molecule has 0 radical (unpaired) electrons. The Morgan fingerprint density at radius 2 is 0.860 bits per heavy atom. The molecule has 4 heterocycles. The van der Waals surface area contributed by atoms with Crippen LogP contribution < -0.4 is 10.9 Å². The Hall–Kier alpha value is -3.29. The third kappa shape index (κ3) is 3.46. The summed E-state index contributed by atoms with van der Waals surface area (Å²) in [5.74, 6) is 0. The number of pyridine rings is 2. The molecule has 2 saturated heterocycles. The van der Waals surface area contributed by atoms with Gasteiger partial charge in [0.1, 0.15) is 0 Å². The first-order valence-corrected chi connectivity index (χ1v) is 15.2. The van der Waals surface area contributed by atoms with E-state index in [0.717, 1.165) is 33.4 Å². The Kier molecular flexibility index (Phi) is 5.36. The average molecular weight is 570 g/mol. The van der Waals surface area contributed by atoms with Gasteiger partial charge in [-0.15, -0.1) is 0 Å². The van der Waals surface area contributed by atoms with Crippen LogP contribution in [0.1, 0.15) is 77.6 Å². The van der Waals surface area contributed by atoms with Crippen molar-refractivity contribution in [1.82, 2.24) is 9.97 Å². The molecule has 8 heteroatoms. The van der Waals surface area contributed by atoms with Gasteiger partial charge in [0.15, 0.2) is 0 Å². The van der Waals surface area contributed by atoms with Gasteiger partial charge in [0.2, 0.25) is 0 Å². The van der Waals surface area contributed by atoms with E-state index in [4.69, 9.17) is 28.6 Å². The van der Waals surface area contributed by atoms with E-state index in [9.17, 15) is 0 Å². The number of rotatable bonds is 2. The van der Waals surface area contributed by atoms with E-state index in [1.807, 2.05) is 24.5 Å². The molecule has 2 fully saturated rings. The van der Waals surface area contributed by atoms with Gasteiger partial charge < -0.3 is 18.6 Å². The van der Waals surface area contributed by atoms with Crippen LogP contribution in [0.15, 0.2) is 73.1 Å². The maximum absolute atomic E-state index is 6.52. The van der Waals surface area contributed by atoms with Gasteiger partial charge in [0.05, 0.1) is 39.2 Å². The zero-order valence-electron chi connectivity index (χ0n) is 26.1. The molecular formula is C35H36B2N2O4. The highest BCUT2D eigenvalue weighted by atomic mass is 16.7. The Labute approximate surface area is 254 Å². The molecule has 43 heavy (non-hydrogen) atoms. The van der Waals surface area contributed by atoms with Crippen molar-refractivity contribution >= 4 is 25.2 Å². The van der Waals surface area contributed by atoms with Gasteiger partial charge in [-0.05, 0) is 112 Å². The third-order valence-corrected chi connectivity index (χ3v) is 10.9. The summed E-state index contributed by atoms with van der Waals surface area (Å²) in [6, 6.07) is 21.8. The van der Waals surface area contributed by atoms with Crippen LogP contribution in [0, 0.1) is 0 Å². The molecule has 0 unspecified atom stereocenters. The molecule has 0 amide bonds. The molecule has 2 aliphatic carbocycles.